The average molecular weight is 399 g/mol. The number of benzene rings is 1. The number of carbonyl (C=O) groups is 2. The maximum atomic E-state index is 12.7. The molecular weight excluding hydrogens is 383 g/mol. The number of aromatic nitrogens is 2. The Labute approximate surface area is 156 Å². The fourth-order valence-electron chi connectivity index (χ4n) is 2.64. The monoisotopic (exact) mass is 399 g/mol. The molecule has 0 bridgehead atoms. The van der Waals surface area contributed by atoms with Crippen molar-refractivity contribution in [2.75, 3.05) is 5.32 Å². The maximum absolute atomic E-state index is 12.7. The van der Waals surface area contributed by atoms with Gasteiger partial charge in [0.2, 0.25) is 11.0 Å². The number of nitrogens with one attached hydrogen (secondary N) is 1. The Balaban J connectivity index is 1.68. The number of hydrogen-bond donors (Lipinski definition) is 2. The number of rotatable bonds is 7. The van der Waals surface area contributed by atoms with Crippen molar-refractivity contribution in [2.24, 2.45) is 0 Å². The second kappa shape index (κ2) is 7.63. The number of hydrogen-bond acceptors (Lipinski definition) is 5. The van der Waals surface area contributed by atoms with Gasteiger partial charge in [0.25, 0.3) is 0 Å². The Bertz CT molecular complexity index is 832. The lowest BCUT2D eigenvalue weighted by Gasteiger charge is -2.16. The molecule has 0 saturated heterocycles. The van der Waals surface area contributed by atoms with Gasteiger partial charge in [-0.15, -0.1) is 10.2 Å². The number of carbonyl (C=O) groups excluding carboxylic acids is 1. The zero-order chi connectivity index (χ0) is 19.6. The van der Waals surface area contributed by atoms with E-state index in [4.69, 9.17) is 5.11 Å². The van der Waals surface area contributed by atoms with Crippen molar-refractivity contribution in [1.82, 2.24) is 10.2 Å². The van der Waals surface area contributed by atoms with Gasteiger partial charge in [0.15, 0.2) is 0 Å². The first-order chi connectivity index (χ1) is 12.7. The number of aliphatic carboxylic acids is 1. The minimum atomic E-state index is -4.48. The summed E-state index contributed by atoms with van der Waals surface area (Å²) in [7, 11) is 0. The van der Waals surface area contributed by atoms with Crippen LogP contribution in [0.25, 0.3) is 0 Å². The van der Waals surface area contributed by atoms with E-state index in [1.165, 1.54) is 23.5 Å². The van der Waals surface area contributed by atoms with Gasteiger partial charge in [0.1, 0.15) is 5.01 Å². The smallest absolute Gasteiger partial charge is 0.416 e. The van der Waals surface area contributed by atoms with Gasteiger partial charge in [0, 0.05) is 18.3 Å². The molecule has 1 saturated carbocycles. The quantitative estimate of drug-likeness (QED) is 0.734. The Morgan fingerprint density at radius 2 is 1.85 bits per heavy atom. The molecule has 1 aromatic carbocycles. The standard InChI is InChI=1S/C17H16F3N3O3S/c18-17(19,20)12-5-3-9(4-6-12)11(8-14(25)26)7-13(24)21-16-23-22-15(27-16)10-1-2-10/h3-6,10-11H,1-2,7-8H2,(H,25,26)(H,21,23,24)/t11-/m0/s1. The van der Waals surface area contributed by atoms with Crippen LogP contribution in [0.2, 0.25) is 0 Å². The normalized spacial score (nSPS) is 15.4. The largest absolute Gasteiger partial charge is 0.481 e. The molecule has 3 rings (SSSR count). The van der Waals surface area contributed by atoms with Crippen molar-refractivity contribution in [2.45, 2.75) is 43.7 Å². The molecule has 0 spiro atoms. The number of amides is 1. The van der Waals surface area contributed by atoms with Crippen LogP contribution in [0, 0.1) is 0 Å². The summed E-state index contributed by atoms with van der Waals surface area (Å²) in [5, 5.41) is 20.7. The third-order valence-corrected chi connectivity index (χ3v) is 5.18. The summed E-state index contributed by atoms with van der Waals surface area (Å²) in [4.78, 5) is 23.4. The fourth-order valence-corrected chi connectivity index (χ4v) is 3.57. The molecule has 1 amide bonds. The van der Waals surface area contributed by atoms with Crippen molar-refractivity contribution in [3.8, 4) is 0 Å². The summed E-state index contributed by atoms with van der Waals surface area (Å²) >= 11 is 1.28. The van der Waals surface area contributed by atoms with E-state index in [0.717, 1.165) is 30.0 Å². The van der Waals surface area contributed by atoms with Gasteiger partial charge in [-0.2, -0.15) is 13.2 Å². The Hall–Kier alpha value is -2.49. The van der Waals surface area contributed by atoms with E-state index in [2.05, 4.69) is 15.5 Å². The highest BCUT2D eigenvalue weighted by Gasteiger charge is 2.31. The Morgan fingerprint density at radius 1 is 1.19 bits per heavy atom. The Morgan fingerprint density at radius 3 is 2.41 bits per heavy atom. The van der Waals surface area contributed by atoms with Crippen LogP contribution in [0.3, 0.4) is 0 Å². The number of carboxylic acid groups (broad SMARTS) is 1. The van der Waals surface area contributed by atoms with Gasteiger partial charge < -0.3 is 10.4 Å². The highest BCUT2D eigenvalue weighted by Crippen LogP contribution is 2.42. The van der Waals surface area contributed by atoms with Crippen LogP contribution in [0.1, 0.15) is 53.7 Å². The molecule has 144 valence electrons. The molecule has 1 heterocycles. The molecule has 0 aliphatic heterocycles. The molecule has 0 unspecified atom stereocenters. The molecule has 10 heteroatoms. The third-order valence-electron chi connectivity index (χ3n) is 4.18. The van der Waals surface area contributed by atoms with Gasteiger partial charge in [-0.1, -0.05) is 23.5 Å². The molecule has 2 aromatic rings. The molecular formula is C17H16F3N3O3S. The van der Waals surface area contributed by atoms with E-state index in [1.807, 2.05) is 0 Å². The molecule has 2 N–H and O–H groups in total. The summed E-state index contributed by atoms with van der Waals surface area (Å²) in [6.45, 7) is 0. The van der Waals surface area contributed by atoms with Crippen LogP contribution in [-0.2, 0) is 15.8 Å². The Kier molecular flexibility index (Phi) is 5.45. The minimum absolute atomic E-state index is 0.185. The zero-order valence-electron chi connectivity index (χ0n) is 14.0. The summed E-state index contributed by atoms with van der Waals surface area (Å²) in [5.41, 5.74) is -0.470. The summed E-state index contributed by atoms with van der Waals surface area (Å²) in [5.74, 6) is -1.94. The van der Waals surface area contributed by atoms with Gasteiger partial charge in [-0.05, 0) is 30.5 Å². The van der Waals surface area contributed by atoms with E-state index in [-0.39, 0.29) is 12.8 Å². The predicted octanol–water partition coefficient (Wildman–Crippen LogP) is 4.02. The lowest BCUT2D eigenvalue weighted by Crippen LogP contribution is -2.18. The van der Waals surface area contributed by atoms with Crippen molar-refractivity contribution < 1.29 is 27.9 Å². The van der Waals surface area contributed by atoms with E-state index in [0.29, 0.717) is 16.6 Å². The lowest BCUT2D eigenvalue weighted by molar-refractivity contribution is -0.138. The van der Waals surface area contributed by atoms with Crippen LogP contribution in [-0.4, -0.2) is 27.2 Å². The van der Waals surface area contributed by atoms with E-state index >= 15 is 0 Å². The third kappa shape index (κ3) is 5.25. The van der Waals surface area contributed by atoms with Gasteiger partial charge in [-0.25, -0.2) is 0 Å². The van der Waals surface area contributed by atoms with Gasteiger partial charge in [0.05, 0.1) is 12.0 Å². The summed E-state index contributed by atoms with van der Waals surface area (Å²) in [6.07, 6.45) is -2.93. The van der Waals surface area contributed by atoms with Crippen molar-refractivity contribution in [1.29, 1.82) is 0 Å². The number of carboxylic acids is 1. The first-order valence-electron chi connectivity index (χ1n) is 8.24. The van der Waals surface area contributed by atoms with Crippen LogP contribution < -0.4 is 5.32 Å². The zero-order valence-corrected chi connectivity index (χ0v) is 14.8. The van der Waals surface area contributed by atoms with Crippen LogP contribution >= 0.6 is 11.3 Å². The predicted molar refractivity (Wildman–Crippen MR) is 91.6 cm³/mol. The fraction of sp³-hybridized carbons (Fsp3) is 0.412. The first-order valence-corrected chi connectivity index (χ1v) is 9.06. The van der Waals surface area contributed by atoms with E-state index < -0.39 is 29.5 Å². The summed E-state index contributed by atoms with van der Waals surface area (Å²) < 4.78 is 38.0. The number of anilines is 1. The van der Waals surface area contributed by atoms with Crippen LogP contribution in [0.15, 0.2) is 24.3 Å². The second-order valence-corrected chi connectivity index (χ2v) is 7.40. The van der Waals surface area contributed by atoms with Crippen molar-refractivity contribution in [3.63, 3.8) is 0 Å². The molecule has 6 nitrogen and oxygen atoms in total. The SMILES string of the molecule is O=C(O)C[C@H](CC(=O)Nc1nnc(C2CC2)s1)c1ccc(C(F)(F)F)cc1. The van der Waals surface area contributed by atoms with Crippen LogP contribution in [0.4, 0.5) is 18.3 Å². The molecule has 27 heavy (non-hydrogen) atoms. The molecule has 1 atom stereocenters. The molecule has 0 radical (unpaired) electrons. The second-order valence-electron chi connectivity index (χ2n) is 6.39. The first kappa shape index (κ1) is 19.3. The van der Waals surface area contributed by atoms with Gasteiger partial charge >= 0.3 is 12.1 Å². The molecule has 1 aliphatic carbocycles. The number of halogens is 3. The number of nitrogens with zero attached hydrogens (tertiary/aromatic N) is 2. The molecule has 1 aromatic heterocycles. The summed E-state index contributed by atoms with van der Waals surface area (Å²) in [6, 6.07) is 4.18. The highest BCUT2D eigenvalue weighted by atomic mass is 32.1. The topological polar surface area (TPSA) is 92.2 Å². The van der Waals surface area contributed by atoms with Crippen molar-refractivity contribution >= 4 is 28.3 Å². The van der Waals surface area contributed by atoms with Crippen molar-refractivity contribution in [3.05, 3.63) is 40.4 Å². The average Bonchev–Trinajstić information content (AvgIpc) is 3.33. The van der Waals surface area contributed by atoms with Gasteiger partial charge in [-0.3, -0.25) is 9.59 Å². The van der Waals surface area contributed by atoms with E-state index in [1.54, 1.807) is 0 Å². The molecule has 1 fully saturated rings. The lowest BCUT2D eigenvalue weighted by atomic mass is 9.91. The number of alkyl halides is 3. The maximum Gasteiger partial charge on any atom is 0.416 e. The molecule has 1 aliphatic rings. The minimum Gasteiger partial charge on any atom is -0.481 e. The highest BCUT2D eigenvalue weighted by molar-refractivity contribution is 7.15. The van der Waals surface area contributed by atoms with Crippen LogP contribution in [0.5, 0.6) is 0 Å². The van der Waals surface area contributed by atoms with E-state index in [9.17, 15) is 22.8 Å².